The third-order valence-corrected chi connectivity index (χ3v) is 2.90. The summed E-state index contributed by atoms with van der Waals surface area (Å²) in [5.74, 6) is -2.59. The molecule has 1 rings (SSSR count). The van der Waals surface area contributed by atoms with Crippen molar-refractivity contribution in [3.63, 3.8) is 0 Å². The first-order valence-electron chi connectivity index (χ1n) is 7.39. The van der Waals surface area contributed by atoms with Crippen LogP contribution in [0.25, 0.3) is 0 Å². The molecule has 2 N–H and O–H groups in total. The molecule has 0 aliphatic heterocycles. The number of rotatable bonds is 6. The molecule has 0 bridgehead atoms. The van der Waals surface area contributed by atoms with Gasteiger partial charge in [-0.25, -0.2) is 8.78 Å². The molecule has 0 unspecified atom stereocenters. The van der Waals surface area contributed by atoms with E-state index in [1.165, 1.54) is 6.07 Å². The number of halogens is 2. The predicted octanol–water partition coefficient (Wildman–Crippen LogP) is 2.14. The highest BCUT2D eigenvalue weighted by Gasteiger charge is 2.18. The Morgan fingerprint density at radius 3 is 2.22 bits per heavy atom. The van der Waals surface area contributed by atoms with E-state index in [1.54, 1.807) is 4.90 Å². The molecule has 0 aromatic heterocycles. The number of carbonyl (C=O) groups is 2. The fourth-order valence-corrected chi connectivity index (χ4v) is 1.92. The number of amides is 2. The molecule has 0 spiro atoms. The summed E-state index contributed by atoms with van der Waals surface area (Å²) in [6.45, 7) is 8.01. The molecular formula is C16H23F2N3O2. The van der Waals surface area contributed by atoms with Crippen LogP contribution in [-0.4, -0.2) is 41.9 Å². The molecule has 0 saturated carbocycles. The summed E-state index contributed by atoms with van der Waals surface area (Å²) in [6.07, 6.45) is 0. The maximum atomic E-state index is 13.1. The van der Waals surface area contributed by atoms with Gasteiger partial charge in [0.2, 0.25) is 11.8 Å². The summed E-state index contributed by atoms with van der Waals surface area (Å²) in [4.78, 5) is 25.5. The van der Waals surface area contributed by atoms with Gasteiger partial charge in [0.1, 0.15) is 0 Å². The Kier molecular flexibility index (Phi) is 6.62. The van der Waals surface area contributed by atoms with Crippen LogP contribution in [-0.2, 0) is 9.59 Å². The lowest BCUT2D eigenvalue weighted by Crippen LogP contribution is -2.47. The van der Waals surface area contributed by atoms with Gasteiger partial charge in [0, 0.05) is 17.3 Å². The van der Waals surface area contributed by atoms with Gasteiger partial charge in [0.25, 0.3) is 0 Å². The maximum absolute atomic E-state index is 13.1. The van der Waals surface area contributed by atoms with Gasteiger partial charge in [0.15, 0.2) is 11.6 Å². The smallest absolute Gasteiger partial charge is 0.238 e. The molecule has 23 heavy (non-hydrogen) atoms. The van der Waals surface area contributed by atoms with Crippen LogP contribution >= 0.6 is 0 Å². The van der Waals surface area contributed by atoms with Gasteiger partial charge >= 0.3 is 0 Å². The first-order chi connectivity index (χ1) is 10.6. The van der Waals surface area contributed by atoms with E-state index >= 15 is 0 Å². The first-order valence-corrected chi connectivity index (χ1v) is 7.39. The zero-order valence-electron chi connectivity index (χ0n) is 13.9. The second-order valence-corrected chi connectivity index (χ2v) is 6.28. The van der Waals surface area contributed by atoms with E-state index < -0.39 is 17.5 Å². The average Bonchev–Trinajstić information content (AvgIpc) is 2.40. The number of carbonyl (C=O) groups excluding carboxylic acids is 2. The zero-order chi connectivity index (χ0) is 17.6. The van der Waals surface area contributed by atoms with Crippen LogP contribution in [0.4, 0.5) is 14.5 Å². The van der Waals surface area contributed by atoms with Crippen molar-refractivity contribution in [2.24, 2.45) is 0 Å². The molecule has 0 aliphatic carbocycles. The molecule has 5 nitrogen and oxygen atoms in total. The van der Waals surface area contributed by atoms with Gasteiger partial charge in [0.05, 0.1) is 13.1 Å². The lowest BCUT2D eigenvalue weighted by Gasteiger charge is -2.24. The highest BCUT2D eigenvalue weighted by molar-refractivity contribution is 5.92. The van der Waals surface area contributed by atoms with Crippen molar-refractivity contribution in [3.05, 3.63) is 29.8 Å². The number of nitrogens with zero attached hydrogens (tertiary/aromatic N) is 1. The average molecular weight is 327 g/mol. The van der Waals surface area contributed by atoms with E-state index in [9.17, 15) is 18.4 Å². The Morgan fingerprint density at radius 1 is 1.09 bits per heavy atom. The molecular weight excluding hydrogens is 304 g/mol. The normalized spacial score (nSPS) is 11.4. The van der Waals surface area contributed by atoms with Gasteiger partial charge in [-0.2, -0.15) is 0 Å². The van der Waals surface area contributed by atoms with E-state index in [1.807, 2.05) is 27.7 Å². The Hall–Kier alpha value is -2.02. The zero-order valence-corrected chi connectivity index (χ0v) is 13.9. The van der Waals surface area contributed by atoms with E-state index in [0.717, 1.165) is 12.1 Å². The number of nitrogens with one attached hydrogen (secondary N) is 2. The third kappa shape index (κ3) is 7.19. The summed E-state index contributed by atoms with van der Waals surface area (Å²) < 4.78 is 25.9. The number of likely N-dealkylation sites (N-methyl/N-ethyl adjacent to an activating group) is 1. The fraction of sp³-hybridized carbons (Fsp3) is 0.500. The van der Waals surface area contributed by atoms with Crippen LogP contribution in [0.15, 0.2) is 18.2 Å². The van der Waals surface area contributed by atoms with E-state index in [0.29, 0.717) is 6.54 Å². The minimum atomic E-state index is -1.03. The maximum Gasteiger partial charge on any atom is 0.238 e. The van der Waals surface area contributed by atoms with Gasteiger partial charge in [-0.1, -0.05) is 6.92 Å². The van der Waals surface area contributed by atoms with Gasteiger partial charge in [-0.05, 0) is 39.4 Å². The lowest BCUT2D eigenvalue weighted by atomic mass is 10.1. The molecule has 0 aliphatic rings. The summed E-state index contributed by atoms with van der Waals surface area (Å²) >= 11 is 0. The van der Waals surface area contributed by atoms with Crippen molar-refractivity contribution < 1.29 is 18.4 Å². The van der Waals surface area contributed by atoms with Crippen molar-refractivity contribution in [2.75, 3.05) is 25.0 Å². The van der Waals surface area contributed by atoms with Gasteiger partial charge in [-0.3, -0.25) is 14.5 Å². The van der Waals surface area contributed by atoms with Crippen LogP contribution < -0.4 is 10.6 Å². The predicted molar refractivity (Wildman–Crippen MR) is 85.0 cm³/mol. The largest absolute Gasteiger partial charge is 0.350 e. The molecule has 1 aromatic rings. The second kappa shape index (κ2) is 8.01. The molecule has 0 saturated heterocycles. The molecule has 0 heterocycles. The van der Waals surface area contributed by atoms with Crippen molar-refractivity contribution in [2.45, 2.75) is 33.2 Å². The topological polar surface area (TPSA) is 61.4 Å². The minimum absolute atomic E-state index is 0.0208. The standard InChI is InChI=1S/C16H23F2N3O2/c1-5-21(10-15(23)20-16(2,3)4)9-14(22)19-11-6-7-12(17)13(18)8-11/h6-8H,5,9-10H2,1-4H3,(H,19,22)(H,20,23). The van der Waals surface area contributed by atoms with E-state index in [4.69, 9.17) is 0 Å². The summed E-state index contributed by atoms with van der Waals surface area (Å²) in [7, 11) is 0. The van der Waals surface area contributed by atoms with Gasteiger partial charge < -0.3 is 10.6 Å². The summed E-state index contributed by atoms with van der Waals surface area (Å²) in [6, 6.07) is 3.13. The van der Waals surface area contributed by atoms with Crippen LogP contribution in [0.5, 0.6) is 0 Å². The number of anilines is 1. The molecule has 0 fully saturated rings. The van der Waals surface area contributed by atoms with Crippen LogP contribution in [0.2, 0.25) is 0 Å². The monoisotopic (exact) mass is 327 g/mol. The SMILES string of the molecule is CCN(CC(=O)Nc1ccc(F)c(F)c1)CC(=O)NC(C)(C)C. The Bertz CT molecular complexity index is 571. The highest BCUT2D eigenvalue weighted by Crippen LogP contribution is 2.13. The van der Waals surface area contributed by atoms with Gasteiger partial charge in [-0.15, -0.1) is 0 Å². The molecule has 7 heteroatoms. The molecule has 1 aromatic carbocycles. The molecule has 2 amide bonds. The van der Waals surface area contributed by atoms with Crippen molar-refractivity contribution in [1.29, 1.82) is 0 Å². The number of hydrogen-bond acceptors (Lipinski definition) is 3. The quantitative estimate of drug-likeness (QED) is 0.841. The molecule has 0 atom stereocenters. The van der Waals surface area contributed by atoms with Crippen LogP contribution in [0, 0.1) is 11.6 Å². The van der Waals surface area contributed by atoms with Crippen LogP contribution in [0.1, 0.15) is 27.7 Å². The van der Waals surface area contributed by atoms with Crippen molar-refractivity contribution in [1.82, 2.24) is 10.2 Å². The Morgan fingerprint density at radius 2 is 1.70 bits per heavy atom. The number of benzene rings is 1. The van der Waals surface area contributed by atoms with E-state index in [-0.39, 0.29) is 30.2 Å². The number of hydrogen-bond donors (Lipinski definition) is 2. The lowest BCUT2D eigenvalue weighted by molar-refractivity contribution is -0.124. The minimum Gasteiger partial charge on any atom is -0.350 e. The van der Waals surface area contributed by atoms with E-state index in [2.05, 4.69) is 10.6 Å². The highest BCUT2D eigenvalue weighted by atomic mass is 19.2. The summed E-state index contributed by atoms with van der Waals surface area (Å²) in [5, 5.41) is 5.29. The molecule has 0 radical (unpaired) electrons. The molecule has 128 valence electrons. The fourth-order valence-electron chi connectivity index (χ4n) is 1.92. The first kappa shape index (κ1) is 19.0. The Balaban J connectivity index is 2.56. The van der Waals surface area contributed by atoms with Crippen molar-refractivity contribution >= 4 is 17.5 Å². The van der Waals surface area contributed by atoms with Crippen LogP contribution in [0.3, 0.4) is 0 Å². The third-order valence-electron chi connectivity index (χ3n) is 2.90. The Labute approximate surface area is 135 Å². The van der Waals surface area contributed by atoms with Crippen molar-refractivity contribution in [3.8, 4) is 0 Å². The second-order valence-electron chi connectivity index (χ2n) is 6.28. The summed E-state index contributed by atoms with van der Waals surface area (Å²) in [5.41, 5.74) is -0.172.